The van der Waals surface area contributed by atoms with Crippen LogP contribution in [0.2, 0.25) is 0 Å². The molecule has 0 fully saturated rings. The fourth-order valence-corrected chi connectivity index (χ4v) is 3.30. The van der Waals surface area contributed by atoms with Crippen molar-refractivity contribution in [3.8, 4) is 5.75 Å². The van der Waals surface area contributed by atoms with Gasteiger partial charge in [0.05, 0.1) is 30.3 Å². The second kappa shape index (κ2) is 12.5. The number of carbonyl (C=O) groups excluding carboxylic acids is 2. The lowest BCUT2D eigenvalue weighted by molar-refractivity contribution is -0.131. The van der Waals surface area contributed by atoms with Gasteiger partial charge in [-0.05, 0) is 31.6 Å². The Hall–Kier alpha value is -4.21. The van der Waals surface area contributed by atoms with Crippen molar-refractivity contribution >= 4 is 28.8 Å². The standard InChI is InChI=1S/C26H31FN6O3/c1-18(2)22-14-28-15-23(27)26(22)29-10-9-24(34)31-20-13-30-33(16-20)17-25(35)32(4)11-12-36-21-7-5-19(3)6-8-21/h5-8,13-16H,1,9-12,17H2,2-4H3,(H,28,29)(H,31,34). The van der Waals surface area contributed by atoms with E-state index in [-0.39, 0.29) is 37.0 Å². The van der Waals surface area contributed by atoms with Gasteiger partial charge in [0.15, 0.2) is 5.82 Å². The van der Waals surface area contributed by atoms with Crippen LogP contribution in [0.4, 0.5) is 15.8 Å². The second-order valence-electron chi connectivity index (χ2n) is 8.45. The summed E-state index contributed by atoms with van der Waals surface area (Å²) in [6, 6.07) is 7.72. The Morgan fingerprint density at radius 2 is 1.94 bits per heavy atom. The summed E-state index contributed by atoms with van der Waals surface area (Å²) in [4.78, 5) is 30.2. The molecular formula is C26H31FN6O3. The summed E-state index contributed by atoms with van der Waals surface area (Å²) in [6.45, 7) is 8.63. The van der Waals surface area contributed by atoms with Crippen LogP contribution in [0.5, 0.6) is 5.75 Å². The van der Waals surface area contributed by atoms with E-state index in [0.29, 0.717) is 30.0 Å². The molecular weight excluding hydrogens is 463 g/mol. The van der Waals surface area contributed by atoms with Crippen molar-refractivity contribution in [3.63, 3.8) is 0 Å². The maximum Gasteiger partial charge on any atom is 0.244 e. The molecule has 3 aromatic rings. The van der Waals surface area contributed by atoms with Crippen LogP contribution in [0.15, 0.2) is 55.6 Å². The molecule has 0 spiro atoms. The quantitative estimate of drug-likeness (QED) is 0.398. The van der Waals surface area contributed by atoms with E-state index < -0.39 is 5.82 Å². The van der Waals surface area contributed by atoms with E-state index in [9.17, 15) is 14.0 Å². The average molecular weight is 495 g/mol. The Balaban J connectivity index is 1.41. The van der Waals surface area contributed by atoms with E-state index in [0.717, 1.165) is 17.5 Å². The molecule has 190 valence electrons. The lowest BCUT2D eigenvalue weighted by Crippen LogP contribution is -2.33. The third-order valence-electron chi connectivity index (χ3n) is 5.37. The van der Waals surface area contributed by atoms with Crippen LogP contribution in [0.25, 0.3) is 5.57 Å². The molecule has 36 heavy (non-hydrogen) atoms. The molecule has 2 aromatic heterocycles. The molecule has 0 aliphatic rings. The third-order valence-corrected chi connectivity index (χ3v) is 5.37. The number of halogens is 1. The molecule has 0 bridgehead atoms. The van der Waals surface area contributed by atoms with Gasteiger partial charge in [0.25, 0.3) is 0 Å². The van der Waals surface area contributed by atoms with E-state index in [4.69, 9.17) is 4.74 Å². The van der Waals surface area contributed by atoms with E-state index in [1.165, 1.54) is 17.1 Å². The highest BCUT2D eigenvalue weighted by Crippen LogP contribution is 2.24. The summed E-state index contributed by atoms with van der Waals surface area (Å²) < 4.78 is 21.2. The smallest absolute Gasteiger partial charge is 0.244 e. The minimum Gasteiger partial charge on any atom is -0.492 e. The van der Waals surface area contributed by atoms with E-state index in [1.54, 1.807) is 25.1 Å². The van der Waals surface area contributed by atoms with Crippen LogP contribution in [0.1, 0.15) is 24.5 Å². The number of allylic oxidation sites excluding steroid dienone is 1. The Bertz CT molecular complexity index is 1210. The molecule has 2 heterocycles. The predicted molar refractivity (Wildman–Crippen MR) is 137 cm³/mol. The first kappa shape index (κ1) is 26.4. The summed E-state index contributed by atoms with van der Waals surface area (Å²) in [5.74, 6) is -0.162. The lowest BCUT2D eigenvalue weighted by Gasteiger charge is -2.17. The Morgan fingerprint density at radius 3 is 2.67 bits per heavy atom. The molecule has 2 amide bonds. The Morgan fingerprint density at radius 1 is 1.19 bits per heavy atom. The average Bonchev–Trinajstić information content (AvgIpc) is 3.27. The van der Waals surface area contributed by atoms with Gasteiger partial charge < -0.3 is 20.3 Å². The monoisotopic (exact) mass is 494 g/mol. The van der Waals surface area contributed by atoms with Crippen LogP contribution in [0, 0.1) is 12.7 Å². The van der Waals surface area contributed by atoms with Crippen LogP contribution in [-0.4, -0.2) is 58.2 Å². The Kier molecular flexibility index (Phi) is 9.15. The van der Waals surface area contributed by atoms with E-state index in [2.05, 4.69) is 27.3 Å². The number of benzene rings is 1. The topological polar surface area (TPSA) is 101 Å². The number of aromatic nitrogens is 3. The first-order chi connectivity index (χ1) is 17.2. The van der Waals surface area contributed by atoms with E-state index >= 15 is 0 Å². The number of amides is 2. The number of hydrogen-bond donors (Lipinski definition) is 2. The minimum absolute atomic E-state index is 0.0312. The summed E-state index contributed by atoms with van der Waals surface area (Å²) >= 11 is 0. The number of aryl methyl sites for hydroxylation is 1. The van der Waals surface area contributed by atoms with Gasteiger partial charge in [-0.1, -0.05) is 24.3 Å². The van der Waals surface area contributed by atoms with Crippen molar-refractivity contribution in [2.24, 2.45) is 0 Å². The van der Waals surface area contributed by atoms with Crippen LogP contribution >= 0.6 is 0 Å². The zero-order valence-electron chi connectivity index (χ0n) is 20.8. The number of carbonyl (C=O) groups is 2. The van der Waals surface area contributed by atoms with Gasteiger partial charge in [0, 0.05) is 38.0 Å². The van der Waals surface area contributed by atoms with Crippen molar-refractivity contribution < 1.29 is 18.7 Å². The highest BCUT2D eigenvalue weighted by molar-refractivity contribution is 5.90. The van der Waals surface area contributed by atoms with Gasteiger partial charge in [-0.15, -0.1) is 0 Å². The van der Waals surface area contributed by atoms with Gasteiger partial charge >= 0.3 is 0 Å². The van der Waals surface area contributed by atoms with Crippen molar-refractivity contribution in [1.82, 2.24) is 19.7 Å². The maximum atomic E-state index is 14.1. The molecule has 0 saturated heterocycles. The summed E-state index contributed by atoms with van der Waals surface area (Å²) in [5.41, 5.74) is 3.12. The third kappa shape index (κ3) is 7.66. The number of anilines is 2. The van der Waals surface area contributed by atoms with Crippen molar-refractivity contribution in [1.29, 1.82) is 0 Å². The van der Waals surface area contributed by atoms with E-state index in [1.807, 2.05) is 31.2 Å². The number of pyridine rings is 1. The molecule has 0 radical (unpaired) electrons. The van der Waals surface area contributed by atoms with Gasteiger partial charge in [-0.2, -0.15) is 5.10 Å². The van der Waals surface area contributed by atoms with Crippen molar-refractivity contribution in [2.75, 3.05) is 37.4 Å². The fraction of sp³-hybridized carbons (Fsp3) is 0.308. The van der Waals surface area contributed by atoms with Gasteiger partial charge in [0.1, 0.15) is 18.9 Å². The van der Waals surface area contributed by atoms with Crippen LogP contribution in [-0.2, 0) is 16.1 Å². The molecule has 2 N–H and O–H groups in total. The molecule has 0 atom stereocenters. The minimum atomic E-state index is -0.506. The highest BCUT2D eigenvalue weighted by atomic mass is 19.1. The molecule has 0 aliphatic heterocycles. The molecule has 1 aromatic carbocycles. The SMILES string of the molecule is C=C(C)c1cncc(F)c1NCCC(=O)Nc1cnn(CC(=O)N(C)CCOc2ccc(C)cc2)c1. The number of hydrogen-bond acceptors (Lipinski definition) is 6. The first-order valence-corrected chi connectivity index (χ1v) is 11.5. The van der Waals surface area contributed by atoms with Gasteiger partial charge in [-0.25, -0.2) is 4.39 Å². The van der Waals surface area contributed by atoms with Crippen LogP contribution < -0.4 is 15.4 Å². The zero-order chi connectivity index (χ0) is 26.1. The number of likely N-dealkylation sites (N-methyl/N-ethyl adjacent to an activating group) is 1. The normalized spacial score (nSPS) is 10.6. The fourth-order valence-electron chi connectivity index (χ4n) is 3.30. The number of rotatable bonds is 12. The zero-order valence-corrected chi connectivity index (χ0v) is 20.8. The van der Waals surface area contributed by atoms with Crippen LogP contribution in [0.3, 0.4) is 0 Å². The largest absolute Gasteiger partial charge is 0.492 e. The maximum absolute atomic E-state index is 14.1. The number of nitrogens with zero attached hydrogens (tertiary/aromatic N) is 4. The first-order valence-electron chi connectivity index (χ1n) is 11.5. The molecule has 9 nitrogen and oxygen atoms in total. The highest BCUT2D eigenvalue weighted by Gasteiger charge is 2.13. The summed E-state index contributed by atoms with van der Waals surface area (Å²) in [6.07, 6.45) is 5.80. The Labute approximate surface area is 210 Å². The van der Waals surface area contributed by atoms with Gasteiger partial charge in [-0.3, -0.25) is 19.3 Å². The second-order valence-corrected chi connectivity index (χ2v) is 8.45. The molecule has 10 heteroatoms. The lowest BCUT2D eigenvalue weighted by atomic mass is 10.1. The van der Waals surface area contributed by atoms with Crippen molar-refractivity contribution in [2.45, 2.75) is 26.8 Å². The number of nitrogens with one attached hydrogen (secondary N) is 2. The summed E-state index contributed by atoms with van der Waals surface area (Å²) in [7, 11) is 1.70. The van der Waals surface area contributed by atoms with Gasteiger partial charge in [0.2, 0.25) is 11.8 Å². The molecule has 3 rings (SSSR count). The molecule has 0 unspecified atom stereocenters. The number of ether oxygens (including phenoxy) is 1. The molecule has 0 aliphatic carbocycles. The summed E-state index contributed by atoms with van der Waals surface area (Å²) in [5, 5.41) is 9.80. The predicted octanol–water partition coefficient (Wildman–Crippen LogP) is 3.74. The molecule has 0 saturated carbocycles. The van der Waals surface area contributed by atoms with Crippen molar-refractivity contribution in [3.05, 3.63) is 72.6 Å².